The zero-order chi connectivity index (χ0) is 17.0. The number of rotatable bonds is 3. The van der Waals surface area contributed by atoms with Crippen molar-refractivity contribution >= 4 is 5.90 Å². The first-order chi connectivity index (χ1) is 11.6. The molecule has 0 saturated heterocycles. The van der Waals surface area contributed by atoms with Gasteiger partial charge in [-0.2, -0.15) is 0 Å². The van der Waals surface area contributed by atoms with E-state index in [1.165, 1.54) is 24.1 Å². The molecule has 0 amide bonds. The maximum atomic E-state index is 5.60. The first-order valence-electron chi connectivity index (χ1n) is 8.74. The summed E-state index contributed by atoms with van der Waals surface area (Å²) in [6.45, 7) is 7.84. The molecule has 1 aromatic carbocycles. The van der Waals surface area contributed by atoms with Gasteiger partial charge in [0, 0.05) is 11.6 Å². The minimum absolute atomic E-state index is 0.207. The van der Waals surface area contributed by atoms with Crippen LogP contribution in [0.15, 0.2) is 53.5 Å². The molecule has 126 valence electrons. The highest BCUT2D eigenvalue weighted by atomic mass is 16.5. The lowest BCUT2D eigenvalue weighted by Crippen LogP contribution is -2.30. The number of hydrogen-bond donors (Lipinski definition) is 0. The number of aliphatic imine (C=N–C) groups is 1. The molecule has 24 heavy (non-hydrogen) atoms. The van der Waals surface area contributed by atoms with Gasteiger partial charge in [-0.1, -0.05) is 42.0 Å². The summed E-state index contributed by atoms with van der Waals surface area (Å²) in [5.74, 6) is 1.52. The fourth-order valence-electron chi connectivity index (χ4n) is 2.76. The highest BCUT2D eigenvalue weighted by Gasteiger charge is 2.34. The minimum atomic E-state index is -0.207. The molecule has 3 nitrogen and oxygen atoms in total. The Hall–Kier alpha value is -2.16. The number of hydrogen-bond acceptors (Lipinski definition) is 3. The van der Waals surface area contributed by atoms with E-state index >= 15 is 0 Å². The normalized spacial score (nSPS) is 16.7. The van der Waals surface area contributed by atoms with Crippen LogP contribution >= 0.6 is 0 Å². The zero-order valence-electron chi connectivity index (χ0n) is 14.8. The number of benzene rings is 1. The Bertz CT molecular complexity index is 703. The average Bonchev–Trinajstić information content (AvgIpc) is 3.30. The minimum Gasteiger partial charge on any atom is -0.478 e. The monoisotopic (exact) mass is 322 g/mol. The Labute approximate surface area is 144 Å². The largest absolute Gasteiger partial charge is 0.478 e. The fraction of sp³-hybridized carbons (Fsp3) is 0.429. The van der Waals surface area contributed by atoms with Gasteiger partial charge in [-0.05, 0) is 45.7 Å². The van der Waals surface area contributed by atoms with Gasteiger partial charge < -0.3 is 4.74 Å². The predicted molar refractivity (Wildman–Crippen MR) is 98.7 cm³/mol. The van der Waals surface area contributed by atoms with Gasteiger partial charge in [-0.15, -0.1) is 0 Å². The van der Waals surface area contributed by atoms with Crippen LogP contribution in [0.4, 0.5) is 0 Å². The van der Waals surface area contributed by atoms with Crippen LogP contribution in [-0.2, 0) is 10.2 Å². The number of nitrogens with zero attached hydrogens (tertiary/aromatic N) is 2. The van der Waals surface area contributed by atoms with Crippen LogP contribution in [0.1, 0.15) is 49.6 Å². The van der Waals surface area contributed by atoms with Crippen LogP contribution in [0.25, 0.3) is 0 Å². The van der Waals surface area contributed by atoms with Crippen LogP contribution in [-0.4, -0.2) is 24.0 Å². The van der Waals surface area contributed by atoms with Gasteiger partial charge in [0.25, 0.3) is 0 Å². The van der Waals surface area contributed by atoms with E-state index in [0.717, 1.165) is 18.1 Å². The van der Waals surface area contributed by atoms with Crippen LogP contribution in [0.3, 0.4) is 0 Å². The maximum absolute atomic E-state index is 5.60. The summed E-state index contributed by atoms with van der Waals surface area (Å²) >= 11 is 0. The lowest BCUT2D eigenvalue weighted by molar-refractivity contribution is 0.317. The van der Waals surface area contributed by atoms with Crippen molar-refractivity contribution in [3.8, 4) is 0 Å². The Morgan fingerprint density at radius 3 is 2.29 bits per heavy atom. The molecule has 1 aliphatic carbocycles. The molecule has 0 unspecified atom stereocenters. The summed E-state index contributed by atoms with van der Waals surface area (Å²) < 4.78 is 5.60. The summed E-state index contributed by atoms with van der Waals surface area (Å²) in [6.07, 6.45) is 2.57. The molecule has 4 rings (SSSR count). The van der Waals surface area contributed by atoms with Crippen molar-refractivity contribution in [2.75, 3.05) is 13.2 Å². The second-order valence-corrected chi connectivity index (χ2v) is 7.04. The molecule has 1 saturated carbocycles. The molecule has 0 spiro atoms. The molecule has 0 radical (unpaired) electrons. The molecule has 2 heterocycles. The molecule has 0 atom stereocenters. The van der Waals surface area contributed by atoms with E-state index in [4.69, 9.17) is 9.72 Å². The van der Waals surface area contributed by atoms with Gasteiger partial charge in [0.1, 0.15) is 6.61 Å². The third-order valence-electron chi connectivity index (χ3n) is 4.47. The third kappa shape index (κ3) is 4.02. The van der Waals surface area contributed by atoms with E-state index in [1.807, 2.05) is 18.2 Å². The van der Waals surface area contributed by atoms with Gasteiger partial charge >= 0.3 is 0 Å². The van der Waals surface area contributed by atoms with Crippen molar-refractivity contribution in [3.63, 3.8) is 0 Å². The molecule has 1 fully saturated rings. The predicted octanol–water partition coefficient (Wildman–Crippen LogP) is 4.66. The zero-order valence-corrected chi connectivity index (χ0v) is 14.8. The molecular weight excluding hydrogens is 296 g/mol. The highest BCUT2D eigenvalue weighted by molar-refractivity contribution is 5.87. The topological polar surface area (TPSA) is 34.5 Å². The smallest absolute Gasteiger partial charge is 0.195 e. The molecule has 0 N–H and O–H groups in total. The standard InChI is InChI=1S/C14H18N2O.C7H8/c1-14(2,13-15-8-9-17-13)12-5-3-4-11(16-12)10-6-7-10;1-7-5-3-2-4-6-7/h3-5,10H,6-9H2,1-2H3;2-6H,1H3. The summed E-state index contributed by atoms with van der Waals surface area (Å²) in [4.78, 5) is 9.22. The highest BCUT2D eigenvalue weighted by Crippen LogP contribution is 2.39. The van der Waals surface area contributed by atoms with Crippen LogP contribution in [0, 0.1) is 6.92 Å². The Balaban J connectivity index is 0.000000203. The van der Waals surface area contributed by atoms with E-state index in [1.54, 1.807) is 0 Å². The quantitative estimate of drug-likeness (QED) is 0.823. The molecule has 0 bridgehead atoms. The van der Waals surface area contributed by atoms with E-state index in [0.29, 0.717) is 12.5 Å². The van der Waals surface area contributed by atoms with Crippen molar-refractivity contribution in [1.82, 2.24) is 4.98 Å². The Morgan fingerprint density at radius 2 is 1.75 bits per heavy atom. The van der Waals surface area contributed by atoms with Crippen LogP contribution in [0.5, 0.6) is 0 Å². The lowest BCUT2D eigenvalue weighted by Gasteiger charge is -2.23. The van der Waals surface area contributed by atoms with Gasteiger partial charge in [0.15, 0.2) is 5.90 Å². The van der Waals surface area contributed by atoms with Crippen molar-refractivity contribution in [2.24, 2.45) is 4.99 Å². The molecular formula is C21H26N2O. The van der Waals surface area contributed by atoms with Crippen molar-refractivity contribution in [1.29, 1.82) is 0 Å². The van der Waals surface area contributed by atoms with Crippen molar-refractivity contribution < 1.29 is 4.74 Å². The third-order valence-corrected chi connectivity index (χ3v) is 4.47. The first-order valence-corrected chi connectivity index (χ1v) is 8.74. The van der Waals surface area contributed by atoms with E-state index in [-0.39, 0.29) is 5.41 Å². The van der Waals surface area contributed by atoms with Gasteiger partial charge in [0.2, 0.25) is 0 Å². The molecule has 3 heteroatoms. The van der Waals surface area contributed by atoms with Crippen molar-refractivity contribution in [2.45, 2.75) is 44.9 Å². The SMILES string of the molecule is CC(C)(C1=NCCO1)c1cccc(C2CC2)n1.Cc1ccccc1. The number of aryl methyl sites for hydroxylation is 1. The van der Waals surface area contributed by atoms with Gasteiger partial charge in [0.05, 0.1) is 17.7 Å². The van der Waals surface area contributed by atoms with E-state index in [9.17, 15) is 0 Å². The van der Waals surface area contributed by atoms with Crippen molar-refractivity contribution in [3.05, 3.63) is 65.5 Å². The van der Waals surface area contributed by atoms with Gasteiger partial charge in [-0.25, -0.2) is 0 Å². The molecule has 1 aromatic heterocycles. The second kappa shape index (κ2) is 7.16. The van der Waals surface area contributed by atoms with Crippen LogP contribution < -0.4 is 0 Å². The molecule has 2 aromatic rings. The molecule has 1 aliphatic heterocycles. The van der Waals surface area contributed by atoms with Crippen LogP contribution in [0.2, 0.25) is 0 Å². The number of pyridine rings is 1. The summed E-state index contributed by atoms with van der Waals surface area (Å²) in [5, 5.41) is 0. The second-order valence-electron chi connectivity index (χ2n) is 7.04. The average molecular weight is 322 g/mol. The maximum Gasteiger partial charge on any atom is 0.195 e. The Morgan fingerprint density at radius 1 is 1.00 bits per heavy atom. The number of aromatic nitrogens is 1. The van der Waals surface area contributed by atoms with E-state index < -0.39 is 0 Å². The fourth-order valence-corrected chi connectivity index (χ4v) is 2.76. The summed E-state index contributed by atoms with van der Waals surface area (Å²) in [5.41, 5.74) is 3.42. The Kier molecular flexibility index (Phi) is 4.98. The lowest BCUT2D eigenvalue weighted by atomic mass is 9.88. The number of ether oxygens (including phenoxy) is 1. The first kappa shape index (κ1) is 16.7. The van der Waals surface area contributed by atoms with E-state index in [2.05, 4.69) is 56.1 Å². The van der Waals surface area contributed by atoms with Gasteiger partial charge in [-0.3, -0.25) is 9.98 Å². The summed E-state index contributed by atoms with van der Waals surface area (Å²) in [7, 11) is 0. The summed E-state index contributed by atoms with van der Waals surface area (Å²) in [6, 6.07) is 16.6. The molecule has 2 aliphatic rings.